The fourth-order valence-corrected chi connectivity index (χ4v) is 8.71. The highest BCUT2D eigenvalue weighted by atomic mass is 79.9. The number of carbonyl (C=O) groups is 1. The van der Waals surface area contributed by atoms with Gasteiger partial charge in [0, 0.05) is 28.5 Å². The summed E-state index contributed by atoms with van der Waals surface area (Å²) in [4.78, 5) is 14.7. The second kappa shape index (κ2) is 11.1. The van der Waals surface area contributed by atoms with Crippen LogP contribution in [-0.2, 0) is 26.5 Å². The molecule has 2 heterocycles. The van der Waals surface area contributed by atoms with Gasteiger partial charge in [-0.05, 0) is 66.1 Å². The molecule has 5 aromatic rings. The predicted octanol–water partition coefficient (Wildman–Crippen LogP) is 6.15. The van der Waals surface area contributed by atoms with Gasteiger partial charge < -0.3 is 0 Å². The molecule has 1 aliphatic rings. The van der Waals surface area contributed by atoms with Gasteiger partial charge in [0.1, 0.15) is 5.69 Å². The van der Waals surface area contributed by atoms with Crippen LogP contribution in [0.4, 0.5) is 0 Å². The minimum atomic E-state index is -4.18. The Balaban J connectivity index is 1.61. The Kier molecular flexibility index (Phi) is 7.48. The number of halogens is 1. The summed E-state index contributed by atoms with van der Waals surface area (Å²) in [6, 6.07) is 30.3. The minimum absolute atomic E-state index is 0.0260. The summed E-state index contributed by atoms with van der Waals surface area (Å²) in [5.41, 5.74) is 1.70. The SMILES string of the molecule is O=C1/C(=C/c2cccc(Br)c2)CN(S(=O)(=O)c2ccccc2)CCc2c1n(S(=O)(=O)c1ccccc1)c1ccccc21. The van der Waals surface area contributed by atoms with E-state index in [0.717, 1.165) is 8.45 Å². The molecule has 1 aliphatic heterocycles. The topological polar surface area (TPSA) is 93.5 Å². The first-order valence-corrected chi connectivity index (χ1v) is 16.8. The molecule has 0 saturated heterocycles. The molecule has 0 spiro atoms. The Bertz CT molecular complexity index is 2070. The number of para-hydroxylation sites is 1. The van der Waals surface area contributed by atoms with Crippen LogP contribution in [0.3, 0.4) is 0 Å². The number of Topliss-reactive ketones (excluding diaryl/α,β-unsaturated/α-hetero) is 1. The van der Waals surface area contributed by atoms with Gasteiger partial charge in [-0.1, -0.05) is 82.7 Å². The van der Waals surface area contributed by atoms with Crippen LogP contribution in [0.1, 0.15) is 21.6 Å². The Morgan fingerprint density at radius 3 is 2.00 bits per heavy atom. The molecule has 0 aliphatic carbocycles. The average Bonchev–Trinajstić information content (AvgIpc) is 3.33. The van der Waals surface area contributed by atoms with E-state index >= 15 is 0 Å². The molecule has 4 aromatic carbocycles. The van der Waals surface area contributed by atoms with Gasteiger partial charge in [0.2, 0.25) is 15.8 Å². The number of sulfonamides is 1. The number of hydrogen-bond donors (Lipinski definition) is 0. The van der Waals surface area contributed by atoms with Crippen LogP contribution in [0.15, 0.2) is 129 Å². The fraction of sp³-hybridized carbons (Fsp3) is 0.0938. The Morgan fingerprint density at radius 1 is 0.714 bits per heavy atom. The predicted molar refractivity (Wildman–Crippen MR) is 166 cm³/mol. The van der Waals surface area contributed by atoms with Crippen LogP contribution in [0.2, 0.25) is 0 Å². The highest BCUT2D eigenvalue weighted by Crippen LogP contribution is 2.35. The second-order valence-electron chi connectivity index (χ2n) is 9.88. The molecule has 7 nitrogen and oxygen atoms in total. The zero-order valence-corrected chi connectivity index (χ0v) is 25.4. The number of fused-ring (bicyclic) bond motifs is 3. The van der Waals surface area contributed by atoms with E-state index in [-0.39, 0.29) is 40.6 Å². The lowest BCUT2D eigenvalue weighted by atomic mass is 9.97. The van der Waals surface area contributed by atoms with Crippen molar-refractivity contribution >= 4 is 58.7 Å². The summed E-state index contributed by atoms with van der Waals surface area (Å²) < 4.78 is 59.1. The first kappa shape index (κ1) is 28.3. The number of ketones is 1. The van der Waals surface area contributed by atoms with Crippen molar-refractivity contribution in [3.8, 4) is 0 Å². The van der Waals surface area contributed by atoms with E-state index in [0.29, 0.717) is 22.0 Å². The fourth-order valence-electron chi connectivity index (χ4n) is 5.29. The first-order valence-electron chi connectivity index (χ1n) is 13.2. The average molecular weight is 662 g/mol. The molecule has 0 N–H and O–H groups in total. The van der Waals surface area contributed by atoms with E-state index in [2.05, 4.69) is 15.9 Å². The van der Waals surface area contributed by atoms with Crippen molar-refractivity contribution in [1.29, 1.82) is 0 Å². The summed E-state index contributed by atoms with van der Waals surface area (Å²) in [5.74, 6) is -0.548. The quantitative estimate of drug-likeness (QED) is 0.211. The number of aromatic nitrogens is 1. The van der Waals surface area contributed by atoms with Crippen molar-refractivity contribution < 1.29 is 21.6 Å². The zero-order chi connectivity index (χ0) is 29.5. The highest BCUT2D eigenvalue weighted by Gasteiger charge is 2.36. The maximum atomic E-state index is 14.6. The second-order valence-corrected chi connectivity index (χ2v) is 14.5. The van der Waals surface area contributed by atoms with Gasteiger partial charge in [0.25, 0.3) is 10.0 Å². The van der Waals surface area contributed by atoms with E-state index in [9.17, 15) is 21.6 Å². The van der Waals surface area contributed by atoms with E-state index in [1.807, 2.05) is 18.2 Å². The molecule has 0 saturated carbocycles. The van der Waals surface area contributed by atoms with E-state index < -0.39 is 25.8 Å². The van der Waals surface area contributed by atoms with E-state index in [4.69, 9.17) is 0 Å². The van der Waals surface area contributed by atoms with Crippen LogP contribution >= 0.6 is 15.9 Å². The van der Waals surface area contributed by atoms with Gasteiger partial charge in [-0.2, -0.15) is 4.31 Å². The first-order chi connectivity index (χ1) is 20.2. The smallest absolute Gasteiger partial charge is 0.268 e. The van der Waals surface area contributed by atoms with Gasteiger partial charge in [-0.25, -0.2) is 20.8 Å². The normalized spacial score (nSPS) is 15.8. The molecule has 10 heteroatoms. The molecule has 0 radical (unpaired) electrons. The largest absolute Gasteiger partial charge is 0.287 e. The van der Waals surface area contributed by atoms with Gasteiger partial charge >= 0.3 is 0 Å². The summed E-state index contributed by atoms with van der Waals surface area (Å²) in [6.07, 6.45) is 1.78. The number of carbonyl (C=O) groups excluding carboxylic acids is 1. The summed E-state index contributed by atoms with van der Waals surface area (Å²) in [7, 11) is -8.16. The zero-order valence-electron chi connectivity index (χ0n) is 22.2. The molecule has 6 rings (SSSR count). The third-order valence-electron chi connectivity index (χ3n) is 7.25. The summed E-state index contributed by atoms with van der Waals surface area (Å²) in [6.45, 7) is -0.179. The lowest BCUT2D eigenvalue weighted by molar-refractivity contribution is 0.102. The number of nitrogens with zero attached hydrogens (tertiary/aromatic N) is 2. The van der Waals surface area contributed by atoms with Crippen molar-refractivity contribution in [3.63, 3.8) is 0 Å². The number of benzene rings is 4. The van der Waals surface area contributed by atoms with Crippen LogP contribution in [0.25, 0.3) is 17.0 Å². The lowest BCUT2D eigenvalue weighted by Gasteiger charge is -2.26. The maximum Gasteiger partial charge on any atom is 0.268 e. The summed E-state index contributed by atoms with van der Waals surface area (Å²) >= 11 is 3.45. The summed E-state index contributed by atoms with van der Waals surface area (Å²) in [5, 5.41) is 0.584. The minimum Gasteiger partial charge on any atom is -0.287 e. The lowest BCUT2D eigenvalue weighted by Crippen LogP contribution is -2.38. The molecule has 0 bridgehead atoms. The van der Waals surface area contributed by atoms with Crippen LogP contribution in [0, 0.1) is 0 Å². The van der Waals surface area contributed by atoms with Crippen LogP contribution < -0.4 is 0 Å². The molecular formula is C32H25BrN2O5S2. The highest BCUT2D eigenvalue weighted by molar-refractivity contribution is 9.10. The molecule has 42 heavy (non-hydrogen) atoms. The molecule has 0 unspecified atom stereocenters. The van der Waals surface area contributed by atoms with Crippen LogP contribution in [-0.4, -0.2) is 44.0 Å². The maximum absolute atomic E-state index is 14.6. The van der Waals surface area contributed by atoms with Gasteiger partial charge in [0.05, 0.1) is 15.3 Å². The Morgan fingerprint density at radius 2 is 1.33 bits per heavy atom. The third kappa shape index (κ3) is 5.05. The van der Waals surface area contributed by atoms with Gasteiger partial charge in [-0.15, -0.1) is 0 Å². The van der Waals surface area contributed by atoms with Gasteiger partial charge in [-0.3, -0.25) is 4.79 Å². The molecule has 212 valence electrons. The van der Waals surface area contributed by atoms with Crippen molar-refractivity contribution in [2.45, 2.75) is 16.2 Å². The molecule has 0 atom stereocenters. The number of hydrogen-bond acceptors (Lipinski definition) is 5. The number of rotatable bonds is 5. The standard InChI is InChI=1S/C32H25BrN2O5S2/c33-25-11-9-10-23(21-25)20-24-22-34(41(37,38)26-12-3-1-4-13-26)19-18-29-28-16-7-8-17-30(28)35(31(29)32(24)36)42(39,40)27-14-5-2-6-15-27/h1-17,20-21H,18-19,22H2/b24-20+. The van der Waals surface area contributed by atoms with Crippen molar-refractivity contribution in [2.24, 2.45) is 0 Å². The molecular weight excluding hydrogens is 636 g/mol. The van der Waals surface area contributed by atoms with Crippen molar-refractivity contribution in [1.82, 2.24) is 8.28 Å². The Labute approximate surface area is 253 Å². The third-order valence-corrected chi connectivity index (χ3v) is 11.3. The van der Waals surface area contributed by atoms with Crippen molar-refractivity contribution in [2.75, 3.05) is 13.1 Å². The monoisotopic (exact) mass is 660 g/mol. The van der Waals surface area contributed by atoms with E-state index in [1.165, 1.54) is 28.6 Å². The van der Waals surface area contributed by atoms with Crippen LogP contribution in [0.5, 0.6) is 0 Å². The molecule has 0 amide bonds. The molecule has 0 fully saturated rings. The van der Waals surface area contributed by atoms with E-state index in [1.54, 1.807) is 72.8 Å². The Hall–Kier alpha value is -3.83. The van der Waals surface area contributed by atoms with Gasteiger partial charge in [0.15, 0.2) is 0 Å². The van der Waals surface area contributed by atoms with Crippen molar-refractivity contribution in [3.05, 3.63) is 136 Å². The molecule has 1 aromatic heterocycles.